The Labute approximate surface area is 122 Å². The normalized spacial score (nSPS) is 19.9. The summed E-state index contributed by atoms with van der Waals surface area (Å²) in [6, 6.07) is 4.24. The molecule has 0 aliphatic carbocycles. The molecule has 3 rings (SSSR count). The number of nitrogens with zero attached hydrogens (tertiary/aromatic N) is 2. The van der Waals surface area contributed by atoms with Crippen molar-refractivity contribution < 1.29 is 4.79 Å². The Kier molecular flexibility index (Phi) is 3.84. The Morgan fingerprint density at radius 2 is 2.50 bits per heavy atom. The highest BCUT2D eigenvalue weighted by atomic mass is 32.1. The van der Waals surface area contributed by atoms with Crippen LogP contribution in [0.2, 0.25) is 0 Å². The molecule has 0 unspecified atom stereocenters. The van der Waals surface area contributed by atoms with Crippen LogP contribution in [0.4, 0.5) is 5.82 Å². The predicted molar refractivity (Wildman–Crippen MR) is 80.1 cm³/mol. The van der Waals surface area contributed by atoms with E-state index in [9.17, 15) is 4.79 Å². The van der Waals surface area contributed by atoms with Crippen LogP contribution in [0, 0.1) is 0 Å². The van der Waals surface area contributed by atoms with Crippen molar-refractivity contribution in [2.24, 2.45) is 0 Å². The Morgan fingerprint density at radius 3 is 3.20 bits per heavy atom. The fourth-order valence-corrected chi connectivity index (χ4v) is 3.13. The number of hydrogen-bond donors (Lipinski definition) is 2. The summed E-state index contributed by atoms with van der Waals surface area (Å²) in [7, 11) is 0. The van der Waals surface area contributed by atoms with E-state index in [0.717, 1.165) is 25.1 Å². The van der Waals surface area contributed by atoms with E-state index in [-0.39, 0.29) is 11.8 Å². The van der Waals surface area contributed by atoms with Gasteiger partial charge in [0.25, 0.3) is 0 Å². The van der Waals surface area contributed by atoms with Crippen LogP contribution in [0.25, 0.3) is 0 Å². The van der Waals surface area contributed by atoms with Gasteiger partial charge in [-0.2, -0.15) is 16.4 Å². The zero-order valence-electron chi connectivity index (χ0n) is 11.4. The predicted octanol–water partition coefficient (Wildman–Crippen LogP) is 2.22. The third kappa shape index (κ3) is 2.76. The number of rotatable bonds is 4. The molecule has 0 radical (unpaired) electrons. The highest BCUT2D eigenvalue weighted by Gasteiger charge is 2.19. The molecule has 1 aliphatic rings. The van der Waals surface area contributed by atoms with Gasteiger partial charge in [-0.1, -0.05) is 0 Å². The Morgan fingerprint density at radius 1 is 1.60 bits per heavy atom. The molecule has 2 aromatic heterocycles. The number of aromatic nitrogens is 2. The van der Waals surface area contributed by atoms with Crippen molar-refractivity contribution >= 4 is 23.1 Å². The minimum atomic E-state index is -0.153. The van der Waals surface area contributed by atoms with Crippen molar-refractivity contribution in [1.82, 2.24) is 15.1 Å². The maximum atomic E-state index is 12.2. The summed E-state index contributed by atoms with van der Waals surface area (Å²) in [6.45, 7) is 3.89. The van der Waals surface area contributed by atoms with E-state index in [1.54, 1.807) is 11.3 Å². The van der Waals surface area contributed by atoms with Crippen LogP contribution in [0.15, 0.2) is 29.1 Å². The fourth-order valence-electron chi connectivity index (χ4n) is 2.38. The van der Waals surface area contributed by atoms with Gasteiger partial charge >= 0.3 is 0 Å². The van der Waals surface area contributed by atoms with Crippen molar-refractivity contribution in [3.63, 3.8) is 0 Å². The summed E-state index contributed by atoms with van der Waals surface area (Å²) >= 11 is 1.61. The summed E-state index contributed by atoms with van der Waals surface area (Å²) in [5, 5.41) is 14.6. The molecule has 2 atom stereocenters. The standard InChI is InChI=1S/C14H18N4OS/c1-10(11-4-7-20-9-11)14(19)16-13-3-6-18(17-13)12-2-5-15-8-12/h3-4,6-7,9-10,12,15H,2,5,8H2,1H3,(H,16,17,19)/t10-,12+/m0/s1. The van der Waals surface area contributed by atoms with Crippen LogP contribution >= 0.6 is 11.3 Å². The van der Waals surface area contributed by atoms with Gasteiger partial charge in [-0.3, -0.25) is 9.48 Å². The molecule has 20 heavy (non-hydrogen) atoms. The highest BCUT2D eigenvalue weighted by molar-refractivity contribution is 7.08. The topological polar surface area (TPSA) is 59.0 Å². The second kappa shape index (κ2) is 5.76. The molecule has 2 N–H and O–H groups in total. The molecule has 1 amide bonds. The lowest BCUT2D eigenvalue weighted by Gasteiger charge is -2.10. The van der Waals surface area contributed by atoms with E-state index in [2.05, 4.69) is 15.7 Å². The third-order valence-electron chi connectivity index (χ3n) is 3.70. The van der Waals surface area contributed by atoms with Gasteiger partial charge in [-0.25, -0.2) is 0 Å². The van der Waals surface area contributed by atoms with E-state index < -0.39 is 0 Å². The quantitative estimate of drug-likeness (QED) is 0.907. The number of nitrogens with one attached hydrogen (secondary N) is 2. The summed E-state index contributed by atoms with van der Waals surface area (Å²) < 4.78 is 1.94. The monoisotopic (exact) mass is 290 g/mol. The third-order valence-corrected chi connectivity index (χ3v) is 4.41. The van der Waals surface area contributed by atoms with Gasteiger partial charge in [0.2, 0.25) is 5.91 Å². The zero-order chi connectivity index (χ0) is 13.9. The molecule has 1 saturated heterocycles. The molecule has 6 heteroatoms. The summed E-state index contributed by atoms with van der Waals surface area (Å²) in [4.78, 5) is 12.2. The van der Waals surface area contributed by atoms with Crippen LogP contribution in [-0.4, -0.2) is 28.8 Å². The number of amides is 1. The molecule has 5 nitrogen and oxygen atoms in total. The number of carbonyl (C=O) groups is 1. The van der Waals surface area contributed by atoms with Crippen LogP contribution in [0.1, 0.15) is 30.9 Å². The number of thiophene rings is 1. The molecule has 0 bridgehead atoms. The Bertz CT molecular complexity index is 572. The van der Waals surface area contributed by atoms with Crippen molar-refractivity contribution in [2.75, 3.05) is 18.4 Å². The summed E-state index contributed by atoms with van der Waals surface area (Å²) in [5.41, 5.74) is 1.05. The molecule has 0 saturated carbocycles. The van der Waals surface area contributed by atoms with E-state index >= 15 is 0 Å². The zero-order valence-corrected chi connectivity index (χ0v) is 12.2. The first-order valence-electron chi connectivity index (χ1n) is 6.83. The smallest absolute Gasteiger partial charge is 0.232 e. The average molecular weight is 290 g/mol. The second-order valence-electron chi connectivity index (χ2n) is 5.10. The van der Waals surface area contributed by atoms with E-state index in [1.165, 1.54) is 0 Å². The lowest BCUT2D eigenvalue weighted by Crippen LogP contribution is -2.19. The minimum absolute atomic E-state index is 0.0156. The van der Waals surface area contributed by atoms with Crippen molar-refractivity contribution in [2.45, 2.75) is 25.3 Å². The lowest BCUT2D eigenvalue weighted by atomic mass is 10.0. The van der Waals surface area contributed by atoms with Crippen LogP contribution in [-0.2, 0) is 4.79 Å². The maximum absolute atomic E-state index is 12.2. The van der Waals surface area contributed by atoms with E-state index in [1.807, 2.05) is 40.7 Å². The molecule has 0 aromatic carbocycles. The maximum Gasteiger partial charge on any atom is 0.232 e. The molecule has 106 valence electrons. The Balaban J connectivity index is 1.64. The molecule has 3 heterocycles. The molecule has 2 aromatic rings. The van der Waals surface area contributed by atoms with Gasteiger partial charge in [0.1, 0.15) is 0 Å². The van der Waals surface area contributed by atoms with Crippen molar-refractivity contribution in [3.05, 3.63) is 34.7 Å². The Hall–Kier alpha value is -1.66. The number of hydrogen-bond acceptors (Lipinski definition) is 4. The van der Waals surface area contributed by atoms with Crippen LogP contribution in [0.3, 0.4) is 0 Å². The molecule has 1 aliphatic heterocycles. The first-order valence-corrected chi connectivity index (χ1v) is 7.77. The van der Waals surface area contributed by atoms with E-state index in [0.29, 0.717) is 11.9 Å². The van der Waals surface area contributed by atoms with Gasteiger partial charge in [-0.15, -0.1) is 0 Å². The van der Waals surface area contributed by atoms with Gasteiger partial charge in [0, 0.05) is 18.8 Å². The largest absolute Gasteiger partial charge is 0.315 e. The molecular formula is C14H18N4OS. The molecular weight excluding hydrogens is 272 g/mol. The van der Waals surface area contributed by atoms with Crippen LogP contribution < -0.4 is 10.6 Å². The fraction of sp³-hybridized carbons (Fsp3) is 0.429. The second-order valence-corrected chi connectivity index (χ2v) is 5.88. The van der Waals surface area contributed by atoms with Gasteiger partial charge in [-0.05, 0) is 42.3 Å². The van der Waals surface area contributed by atoms with Crippen molar-refractivity contribution in [3.8, 4) is 0 Å². The minimum Gasteiger partial charge on any atom is -0.315 e. The SMILES string of the molecule is C[C@H](C(=O)Nc1ccn([C@@H]2CCNC2)n1)c1ccsc1. The van der Waals surface area contributed by atoms with Crippen molar-refractivity contribution in [1.29, 1.82) is 0 Å². The summed E-state index contributed by atoms with van der Waals surface area (Å²) in [6.07, 6.45) is 3.02. The highest BCUT2D eigenvalue weighted by Crippen LogP contribution is 2.20. The molecule has 0 spiro atoms. The number of anilines is 1. The van der Waals surface area contributed by atoms with Gasteiger partial charge in [0.05, 0.1) is 12.0 Å². The van der Waals surface area contributed by atoms with Gasteiger partial charge < -0.3 is 10.6 Å². The number of carbonyl (C=O) groups excluding carboxylic acids is 1. The first-order chi connectivity index (χ1) is 9.74. The average Bonchev–Trinajstić information content (AvgIpc) is 3.19. The molecule has 1 fully saturated rings. The lowest BCUT2D eigenvalue weighted by molar-refractivity contribution is -0.117. The summed E-state index contributed by atoms with van der Waals surface area (Å²) in [5.74, 6) is 0.460. The van der Waals surface area contributed by atoms with Crippen LogP contribution in [0.5, 0.6) is 0 Å². The first kappa shape index (κ1) is 13.3. The van der Waals surface area contributed by atoms with Gasteiger partial charge in [0.15, 0.2) is 5.82 Å². The van der Waals surface area contributed by atoms with E-state index in [4.69, 9.17) is 0 Å².